The summed E-state index contributed by atoms with van der Waals surface area (Å²) in [4.78, 5) is -1.00. The van der Waals surface area contributed by atoms with Crippen LogP contribution in [-0.2, 0) is 30.4 Å². The minimum Gasteiger partial charge on any atom is -0.398 e. The summed E-state index contributed by atoms with van der Waals surface area (Å²) in [7, 11) is -14.2. The SMILES string of the molecule is Nc1ccc(-n2nc3c(S(=O)(=O)O)cc4cc(S(=O)(=O)O)ccc4c3n2)cc1S(=O)(=O)O. The van der Waals surface area contributed by atoms with Gasteiger partial charge in [-0.1, -0.05) is 6.07 Å². The van der Waals surface area contributed by atoms with Crippen molar-refractivity contribution in [3.05, 3.63) is 42.5 Å². The molecule has 0 spiro atoms. The maximum absolute atomic E-state index is 11.9. The summed E-state index contributed by atoms with van der Waals surface area (Å²) in [6.45, 7) is 0. The van der Waals surface area contributed by atoms with Gasteiger partial charge in [0.15, 0.2) is 0 Å². The van der Waals surface area contributed by atoms with Gasteiger partial charge in [-0.05, 0) is 41.8 Å². The quantitative estimate of drug-likeness (QED) is 0.227. The van der Waals surface area contributed by atoms with E-state index in [9.17, 15) is 38.9 Å². The number of rotatable bonds is 4. The Morgan fingerprint density at radius 1 is 0.719 bits per heavy atom. The van der Waals surface area contributed by atoms with E-state index in [0.29, 0.717) is 0 Å². The van der Waals surface area contributed by atoms with Gasteiger partial charge < -0.3 is 5.73 Å². The molecule has 0 fully saturated rings. The minimum atomic E-state index is -4.86. The predicted octanol–water partition coefficient (Wildman–Crippen LogP) is 0.896. The molecule has 4 rings (SSSR count). The summed E-state index contributed by atoms with van der Waals surface area (Å²) in [5.74, 6) is 0. The van der Waals surface area contributed by atoms with Crippen LogP contribution >= 0.6 is 0 Å². The molecule has 13 nitrogen and oxygen atoms in total. The van der Waals surface area contributed by atoms with Gasteiger partial charge in [0.25, 0.3) is 30.4 Å². The van der Waals surface area contributed by atoms with Gasteiger partial charge in [0.05, 0.1) is 16.3 Å². The zero-order chi connectivity index (χ0) is 23.6. The van der Waals surface area contributed by atoms with E-state index in [4.69, 9.17) is 5.73 Å². The van der Waals surface area contributed by atoms with Crippen molar-refractivity contribution in [1.82, 2.24) is 15.0 Å². The number of nitrogens with two attached hydrogens (primary N) is 1. The van der Waals surface area contributed by atoms with Gasteiger partial charge in [-0.2, -0.15) is 30.0 Å². The molecular weight excluding hydrogens is 488 g/mol. The molecule has 0 amide bonds. The molecule has 5 N–H and O–H groups in total. The highest BCUT2D eigenvalue weighted by Gasteiger charge is 2.23. The van der Waals surface area contributed by atoms with Crippen molar-refractivity contribution >= 4 is 57.8 Å². The number of fused-ring (bicyclic) bond motifs is 3. The van der Waals surface area contributed by atoms with Crippen molar-refractivity contribution in [1.29, 1.82) is 0 Å². The van der Waals surface area contributed by atoms with Crippen molar-refractivity contribution in [2.24, 2.45) is 0 Å². The molecule has 0 unspecified atom stereocenters. The van der Waals surface area contributed by atoms with Gasteiger partial charge in [0, 0.05) is 5.39 Å². The first-order valence-electron chi connectivity index (χ1n) is 8.32. The van der Waals surface area contributed by atoms with E-state index in [1.54, 1.807) is 0 Å². The maximum atomic E-state index is 11.9. The van der Waals surface area contributed by atoms with Crippen LogP contribution in [0.3, 0.4) is 0 Å². The molecule has 0 aliphatic heterocycles. The summed E-state index contributed by atoms with van der Waals surface area (Å²) in [5, 5.41) is 8.36. The molecule has 0 aliphatic rings. The third-order valence-corrected chi connectivity index (χ3v) is 7.12. The first-order valence-corrected chi connectivity index (χ1v) is 12.6. The first-order chi connectivity index (χ1) is 14.7. The van der Waals surface area contributed by atoms with E-state index in [0.717, 1.165) is 35.1 Å². The minimum absolute atomic E-state index is 0.00299. The fraction of sp³-hybridized carbons (Fsp3) is 0. The first kappa shape index (κ1) is 22.1. The van der Waals surface area contributed by atoms with E-state index in [1.807, 2.05) is 0 Å². The summed E-state index contributed by atoms with van der Waals surface area (Å²) >= 11 is 0. The average molecular weight is 500 g/mol. The van der Waals surface area contributed by atoms with Crippen molar-refractivity contribution in [2.75, 3.05) is 5.73 Å². The molecule has 0 saturated carbocycles. The van der Waals surface area contributed by atoms with E-state index in [2.05, 4.69) is 10.2 Å². The molecule has 0 atom stereocenters. The monoisotopic (exact) mass is 500 g/mol. The predicted molar refractivity (Wildman–Crippen MR) is 110 cm³/mol. The lowest BCUT2D eigenvalue weighted by Gasteiger charge is -2.05. The van der Waals surface area contributed by atoms with Gasteiger partial charge in [-0.25, -0.2) is 0 Å². The second-order valence-corrected chi connectivity index (χ2v) is 10.8. The topological polar surface area (TPSA) is 220 Å². The number of aromatic nitrogens is 3. The Hall–Kier alpha value is -3.15. The number of hydrogen-bond donors (Lipinski definition) is 4. The lowest BCUT2D eigenvalue weighted by atomic mass is 10.1. The number of anilines is 1. The Kier molecular flexibility index (Phi) is 4.77. The molecule has 3 aromatic carbocycles. The summed E-state index contributed by atoms with van der Waals surface area (Å²) < 4.78 is 98.0. The van der Waals surface area contributed by atoms with Crippen LogP contribution < -0.4 is 5.73 Å². The van der Waals surface area contributed by atoms with Crippen molar-refractivity contribution < 1.29 is 38.9 Å². The Labute approximate surface area is 180 Å². The van der Waals surface area contributed by atoms with Gasteiger partial charge in [0.2, 0.25) is 0 Å². The normalized spacial score (nSPS) is 13.1. The Morgan fingerprint density at radius 3 is 1.94 bits per heavy atom. The van der Waals surface area contributed by atoms with Gasteiger partial charge in [-0.15, -0.1) is 10.2 Å². The van der Waals surface area contributed by atoms with Crippen molar-refractivity contribution in [3.63, 3.8) is 0 Å². The number of nitrogens with zero attached hydrogens (tertiary/aromatic N) is 3. The van der Waals surface area contributed by atoms with E-state index < -0.39 is 45.0 Å². The third-order valence-electron chi connectivity index (χ3n) is 4.49. The molecule has 1 heterocycles. The van der Waals surface area contributed by atoms with Crippen LogP contribution in [0.2, 0.25) is 0 Å². The highest BCUT2D eigenvalue weighted by molar-refractivity contribution is 7.86. The molecule has 168 valence electrons. The molecule has 0 bridgehead atoms. The van der Waals surface area contributed by atoms with Gasteiger partial charge in [0.1, 0.15) is 20.8 Å². The van der Waals surface area contributed by atoms with Crippen LogP contribution in [-0.4, -0.2) is 53.9 Å². The summed E-state index contributed by atoms with van der Waals surface area (Å²) in [6.07, 6.45) is 0. The molecule has 0 saturated heterocycles. The highest BCUT2D eigenvalue weighted by Crippen LogP contribution is 2.31. The fourth-order valence-electron chi connectivity index (χ4n) is 3.08. The molecular formula is C16H12N4O9S3. The fourth-order valence-corrected chi connectivity index (χ4v) is 4.89. The number of nitrogen functional groups attached to an aromatic ring is 1. The molecule has 0 aliphatic carbocycles. The Morgan fingerprint density at radius 2 is 1.34 bits per heavy atom. The summed E-state index contributed by atoms with van der Waals surface area (Å²) in [5.41, 5.74) is 4.90. The standard InChI is InChI=1S/C16H12N4O9S3/c17-12-4-1-9(7-13(12)31(24,25)26)20-18-15-11-3-2-10(30(21,22)23)5-8(11)6-14(16(15)19-20)32(27,28)29/h1-7H,17H2,(H,21,22,23)(H,24,25,26)(H,27,28,29). The zero-order valence-electron chi connectivity index (χ0n) is 15.5. The Bertz CT molecular complexity index is 1760. The zero-order valence-corrected chi connectivity index (χ0v) is 17.9. The van der Waals surface area contributed by atoms with E-state index in [1.165, 1.54) is 12.1 Å². The number of benzene rings is 3. The average Bonchev–Trinajstić information content (AvgIpc) is 3.10. The molecule has 0 radical (unpaired) electrons. The largest absolute Gasteiger partial charge is 0.398 e. The van der Waals surface area contributed by atoms with Crippen LogP contribution in [0.5, 0.6) is 0 Å². The van der Waals surface area contributed by atoms with Crippen LogP contribution in [0.25, 0.3) is 27.5 Å². The second-order valence-electron chi connectivity index (χ2n) is 6.59. The highest BCUT2D eigenvalue weighted by atomic mass is 32.2. The van der Waals surface area contributed by atoms with E-state index >= 15 is 0 Å². The summed E-state index contributed by atoms with van der Waals surface area (Å²) in [6, 6.07) is 7.66. The Balaban J connectivity index is 2.08. The number of hydrogen-bond acceptors (Lipinski definition) is 9. The van der Waals surface area contributed by atoms with Gasteiger partial charge >= 0.3 is 0 Å². The lowest BCUT2D eigenvalue weighted by molar-refractivity contribution is 0.481. The molecule has 16 heteroatoms. The maximum Gasteiger partial charge on any atom is 0.296 e. The van der Waals surface area contributed by atoms with Crippen molar-refractivity contribution in [3.8, 4) is 5.69 Å². The van der Waals surface area contributed by atoms with Crippen molar-refractivity contribution in [2.45, 2.75) is 14.7 Å². The van der Waals surface area contributed by atoms with Gasteiger partial charge in [-0.3, -0.25) is 13.7 Å². The van der Waals surface area contributed by atoms with Crippen LogP contribution in [0.1, 0.15) is 0 Å². The van der Waals surface area contributed by atoms with Crippen LogP contribution in [0.4, 0.5) is 5.69 Å². The smallest absolute Gasteiger partial charge is 0.296 e. The lowest BCUT2D eigenvalue weighted by Crippen LogP contribution is -2.06. The second kappa shape index (κ2) is 6.92. The van der Waals surface area contributed by atoms with E-state index in [-0.39, 0.29) is 33.2 Å². The molecule has 1 aromatic heterocycles. The molecule has 4 aromatic rings. The third kappa shape index (κ3) is 3.78. The van der Waals surface area contributed by atoms with Crippen LogP contribution in [0, 0.1) is 0 Å². The van der Waals surface area contributed by atoms with Crippen LogP contribution in [0.15, 0.2) is 57.2 Å². The molecule has 32 heavy (non-hydrogen) atoms.